The predicted octanol–water partition coefficient (Wildman–Crippen LogP) is 5.67. The number of fused-ring (bicyclic) bond motifs is 1. The van der Waals surface area contributed by atoms with E-state index in [1.54, 1.807) is 4.90 Å². The largest absolute Gasteiger partial charge is 0.373 e. The maximum atomic E-state index is 13.7. The molecule has 254 valence electrons. The molecule has 6 atom stereocenters. The van der Waals surface area contributed by atoms with Crippen molar-refractivity contribution in [2.75, 3.05) is 32.8 Å². The Balaban J connectivity index is 1.26. The van der Waals surface area contributed by atoms with Crippen LogP contribution in [-0.4, -0.2) is 73.6 Å². The van der Waals surface area contributed by atoms with E-state index in [1.807, 2.05) is 13.8 Å². The zero-order valence-electron chi connectivity index (χ0n) is 28.5. The van der Waals surface area contributed by atoms with Gasteiger partial charge in [0.25, 0.3) is 0 Å². The van der Waals surface area contributed by atoms with Crippen molar-refractivity contribution in [3.05, 3.63) is 23.8 Å². The van der Waals surface area contributed by atoms with Crippen LogP contribution in [0.5, 0.6) is 0 Å². The lowest BCUT2D eigenvalue weighted by molar-refractivity contribution is -0.142. The van der Waals surface area contributed by atoms with Crippen LogP contribution in [0.1, 0.15) is 117 Å². The molecule has 0 aromatic carbocycles. The van der Waals surface area contributed by atoms with Crippen molar-refractivity contribution in [2.24, 2.45) is 23.7 Å². The van der Waals surface area contributed by atoms with Crippen molar-refractivity contribution >= 4 is 17.7 Å². The highest BCUT2D eigenvalue weighted by molar-refractivity contribution is 5.92. The monoisotopic (exact) mass is 626 g/mol. The molecule has 3 amide bonds. The van der Waals surface area contributed by atoms with Gasteiger partial charge in [-0.2, -0.15) is 0 Å². The second-order valence-corrected chi connectivity index (χ2v) is 14.2. The van der Waals surface area contributed by atoms with E-state index in [0.29, 0.717) is 38.5 Å². The fourth-order valence-electron chi connectivity index (χ4n) is 8.13. The van der Waals surface area contributed by atoms with Crippen LogP contribution in [0.2, 0.25) is 0 Å². The molecule has 1 saturated heterocycles. The van der Waals surface area contributed by atoms with E-state index < -0.39 is 12.1 Å². The maximum Gasteiger partial charge on any atom is 0.243 e. The lowest BCUT2D eigenvalue weighted by Crippen LogP contribution is -2.54. The molecule has 3 fully saturated rings. The Labute approximate surface area is 272 Å². The average Bonchev–Trinajstić information content (AvgIpc) is 3.56. The minimum Gasteiger partial charge on any atom is -0.373 e. The lowest BCUT2D eigenvalue weighted by atomic mass is 9.66. The molecule has 1 aliphatic heterocycles. The Morgan fingerprint density at radius 2 is 1.80 bits per heavy atom. The third kappa shape index (κ3) is 10.9. The van der Waals surface area contributed by atoms with Crippen LogP contribution in [0, 0.1) is 23.7 Å². The lowest BCUT2D eigenvalue weighted by Gasteiger charge is -2.40. The van der Waals surface area contributed by atoms with Gasteiger partial charge in [0, 0.05) is 25.6 Å². The van der Waals surface area contributed by atoms with Crippen molar-refractivity contribution in [1.82, 2.24) is 20.9 Å². The van der Waals surface area contributed by atoms with E-state index in [1.165, 1.54) is 44.1 Å². The van der Waals surface area contributed by atoms with E-state index in [-0.39, 0.29) is 29.7 Å². The number of allylic oxidation sites excluding steroid dienone is 3. The molecule has 3 aliphatic carbocycles. The number of likely N-dealkylation sites (tertiary alicyclic amines) is 1. The first-order chi connectivity index (χ1) is 21.9. The summed E-state index contributed by atoms with van der Waals surface area (Å²) in [5.74, 6) is 1.87. The van der Waals surface area contributed by atoms with Gasteiger partial charge in [0.2, 0.25) is 17.7 Å². The first kappa shape index (κ1) is 35.7. The standard InChI is InChI=1S/C37H62N4O4/c1-4-30(5-2)37(44)41-22-11-17-34(41)36(43)40-33(24-29-18-19-31-15-9-10-16-32(31)23-29)35(42)39-21-12-20-38-25-27(3)45-26-28-13-7-6-8-14-28/h6-7,13,27,29-34,38H,4-5,8-12,14-26H2,1-3H3,(H,39,42)(H,40,43)/t27-,29?,31?,32+,33-,34?/m1/s1. The third-order valence-corrected chi connectivity index (χ3v) is 10.9. The van der Waals surface area contributed by atoms with Gasteiger partial charge in [0.15, 0.2) is 0 Å². The Bertz CT molecular complexity index is 1010. The van der Waals surface area contributed by atoms with Crippen molar-refractivity contribution in [3.8, 4) is 0 Å². The maximum absolute atomic E-state index is 13.7. The summed E-state index contributed by atoms with van der Waals surface area (Å²) in [6.07, 6.45) is 22.2. The Kier molecular flexibility index (Phi) is 14.9. The summed E-state index contributed by atoms with van der Waals surface area (Å²) in [5, 5.41) is 9.75. The molecule has 3 unspecified atom stereocenters. The SMILES string of the molecule is CCC(CC)C(=O)N1CCCC1C(=O)N[C@H](CC1CCC2CCCC[C@H]2C1)C(=O)NCCCNC[C@@H](C)OCC1=CC=CCC1. The quantitative estimate of drug-likeness (QED) is 0.181. The van der Waals surface area contributed by atoms with Gasteiger partial charge >= 0.3 is 0 Å². The summed E-state index contributed by atoms with van der Waals surface area (Å²) < 4.78 is 5.99. The molecule has 1 heterocycles. The Morgan fingerprint density at radius 1 is 1.00 bits per heavy atom. The van der Waals surface area contributed by atoms with Crippen LogP contribution in [0.4, 0.5) is 0 Å². The summed E-state index contributed by atoms with van der Waals surface area (Å²) >= 11 is 0. The van der Waals surface area contributed by atoms with Gasteiger partial charge in [-0.15, -0.1) is 0 Å². The number of rotatable bonds is 17. The highest BCUT2D eigenvalue weighted by atomic mass is 16.5. The van der Waals surface area contributed by atoms with Gasteiger partial charge in [0.05, 0.1) is 12.7 Å². The van der Waals surface area contributed by atoms with Gasteiger partial charge in [-0.25, -0.2) is 0 Å². The summed E-state index contributed by atoms with van der Waals surface area (Å²) in [6.45, 7) is 9.60. The van der Waals surface area contributed by atoms with Crippen LogP contribution in [0.3, 0.4) is 0 Å². The van der Waals surface area contributed by atoms with Crippen LogP contribution in [-0.2, 0) is 19.1 Å². The number of hydrogen-bond acceptors (Lipinski definition) is 5. The first-order valence-electron chi connectivity index (χ1n) is 18.4. The van der Waals surface area contributed by atoms with Crippen LogP contribution in [0.15, 0.2) is 23.8 Å². The molecular formula is C37H62N4O4. The summed E-state index contributed by atoms with van der Waals surface area (Å²) in [4.78, 5) is 42.3. The molecule has 45 heavy (non-hydrogen) atoms. The zero-order chi connectivity index (χ0) is 32.0. The van der Waals surface area contributed by atoms with Crippen LogP contribution >= 0.6 is 0 Å². The fourth-order valence-corrected chi connectivity index (χ4v) is 8.13. The van der Waals surface area contributed by atoms with Crippen LogP contribution in [0.25, 0.3) is 0 Å². The number of carbonyl (C=O) groups excluding carboxylic acids is 3. The number of nitrogens with zero attached hydrogens (tertiary/aromatic N) is 1. The first-order valence-corrected chi connectivity index (χ1v) is 18.4. The molecule has 0 aromatic rings. The molecule has 0 radical (unpaired) electrons. The molecular weight excluding hydrogens is 564 g/mol. The van der Waals surface area contributed by atoms with E-state index in [2.05, 4.69) is 41.1 Å². The van der Waals surface area contributed by atoms with Crippen LogP contribution < -0.4 is 16.0 Å². The second-order valence-electron chi connectivity index (χ2n) is 14.2. The summed E-state index contributed by atoms with van der Waals surface area (Å²) in [6, 6.07) is -1.03. The van der Waals surface area contributed by atoms with E-state index in [9.17, 15) is 14.4 Å². The molecule has 2 saturated carbocycles. The minimum atomic E-state index is -0.557. The highest BCUT2D eigenvalue weighted by Gasteiger charge is 2.39. The minimum absolute atomic E-state index is 0.0435. The predicted molar refractivity (Wildman–Crippen MR) is 181 cm³/mol. The molecule has 4 rings (SSSR count). The highest BCUT2D eigenvalue weighted by Crippen LogP contribution is 2.43. The van der Waals surface area contributed by atoms with E-state index in [4.69, 9.17) is 4.74 Å². The summed E-state index contributed by atoms with van der Waals surface area (Å²) in [5.41, 5.74) is 1.35. The molecule has 0 spiro atoms. The van der Waals surface area contributed by atoms with Gasteiger partial charge in [0.1, 0.15) is 12.1 Å². The van der Waals surface area contributed by atoms with E-state index in [0.717, 1.165) is 69.9 Å². The van der Waals surface area contributed by atoms with Crippen molar-refractivity contribution in [3.63, 3.8) is 0 Å². The number of carbonyl (C=O) groups is 3. The second kappa shape index (κ2) is 18.8. The zero-order valence-corrected chi connectivity index (χ0v) is 28.5. The van der Waals surface area contributed by atoms with Gasteiger partial charge < -0.3 is 25.6 Å². The number of nitrogens with one attached hydrogen (secondary N) is 3. The molecule has 0 aromatic heterocycles. The topological polar surface area (TPSA) is 99.8 Å². The molecule has 0 bridgehead atoms. The van der Waals surface area contributed by atoms with E-state index >= 15 is 0 Å². The Hall–Kier alpha value is -2.19. The normalized spacial score (nSPS) is 26.2. The van der Waals surface area contributed by atoms with Crippen molar-refractivity contribution in [2.45, 2.75) is 135 Å². The van der Waals surface area contributed by atoms with Crippen molar-refractivity contribution in [1.29, 1.82) is 0 Å². The van der Waals surface area contributed by atoms with Gasteiger partial charge in [-0.3, -0.25) is 14.4 Å². The molecule has 8 heteroatoms. The smallest absolute Gasteiger partial charge is 0.243 e. The third-order valence-electron chi connectivity index (χ3n) is 10.9. The van der Waals surface area contributed by atoms with Gasteiger partial charge in [-0.05, 0) is 101 Å². The molecule has 4 aliphatic rings. The number of ether oxygens (including phenoxy) is 1. The van der Waals surface area contributed by atoms with Gasteiger partial charge in [-0.1, -0.05) is 64.2 Å². The number of amides is 3. The average molecular weight is 627 g/mol. The van der Waals surface area contributed by atoms with Crippen molar-refractivity contribution < 1.29 is 19.1 Å². The number of hydrogen-bond donors (Lipinski definition) is 3. The fraction of sp³-hybridized carbons (Fsp3) is 0.811. The molecule has 8 nitrogen and oxygen atoms in total. The molecule has 3 N–H and O–H groups in total. The Morgan fingerprint density at radius 3 is 2.56 bits per heavy atom. The summed E-state index contributed by atoms with van der Waals surface area (Å²) in [7, 11) is 0.